The highest BCUT2D eigenvalue weighted by molar-refractivity contribution is 5.94. The maximum absolute atomic E-state index is 12.2. The molecule has 0 bridgehead atoms. The molecule has 0 aliphatic heterocycles. The second kappa shape index (κ2) is 5.83. The topological polar surface area (TPSA) is 88.0 Å². The number of hydrogen-bond acceptors (Lipinski definition) is 4. The number of pyridine rings is 1. The van der Waals surface area contributed by atoms with Crippen LogP contribution in [-0.4, -0.2) is 37.2 Å². The minimum absolute atomic E-state index is 0.0875. The molecule has 2 N–H and O–H groups in total. The number of amides is 1. The Morgan fingerprint density at radius 3 is 3.22 bits per heavy atom. The zero-order valence-electron chi connectivity index (χ0n) is 12.7. The molecule has 3 aromatic heterocycles. The number of fused-ring (bicyclic) bond motifs is 2. The molecular formula is C16H18N6O. The van der Waals surface area contributed by atoms with Crippen molar-refractivity contribution in [3.63, 3.8) is 0 Å². The molecule has 7 heteroatoms. The number of carbonyl (C=O) groups is 1. The first-order valence-corrected chi connectivity index (χ1v) is 7.96. The smallest absolute Gasteiger partial charge is 0.272 e. The van der Waals surface area contributed by atoms with Gasteiger partial charge in [0.2, 0.25) is 0 Å². The second-order valence-electron chi connectivity index (χ2n) is 5.79. The third-order valence-corrected chi connectivity index (χ3v) is 4.27. The molecule has 0 atom stereocenters. The Balaban J connectivity index is 1.32. The summed E-state index contributed by atoms with van der Waals surface area (Å²) in [6.45, 7) is 0.599. The number of H-pyrrole nitrogens is 1. The predicted molar refractivity (Wildman–Crippen MR) is 84.3 cm³/mol. The normalized spacial score (nSPS) is 13.4. The molecule has 23 heavy (non-hydrogen) atoms. The van der Waals surface area contributed by atoms with E-state index >= 15 is 0 Å². The zero-order valence-corrected chi connectivity index (χ0v) is 12.7. The first-order valence-electron chi connectivity index (χ1n) is 7.96. The van der Waals surface area contributed by atoms with E-state index in [2.05, 4.69) is 25.7 Å². The molecule has 0 radical (unpaired) electrons. The van der Waals surface area contributed by atoms with Crippen LogP contribution in [0.4, 0.5) is 0 Å². The van der Waals surface area contributed by atoms with Gasteiger partial charge in [0.15, 0.2) is 11.3 Å². The number of aryl methyl sites for hydroxylation is 2. The van der Waals surface area contributed by atoms with Crippen LogP contribution in [0.3, 0.4) is 0 Å². The van der Waals surface area contributed by atoms with Crippen molar-refractivity contribution in [1.29, 1.82) is 0 Å². The number of aromatic nitrogens is 5. The third kappa shape index (κ3) is 2.58. The van der Waals surface area contributed by atoms with Crippen molar-refractivity contribution in [2.75, 3.05) is 6.54 Å². The fraction of sp³-hybridized carbons (Fsp3) is 0.375. The molecule has 0 aromatic carbocycles. The highest BCUT2D eigenvalue weighted by Crippen LogP contribution is 2.22. The van der Waals surface area contributed by atoms with Gasteiger partial charge in [0, 0.05) is 30.4 Å². The number of aromatic amines is 1. The summed E-state index contributed by atoms with van der Waals surface area (Å²) < 4.78 is 1.97. The minimum atomic E-state index is -0.0875. The highest BCUT2D eigenvalue weighted by atomic mass is 16.1. The third-order valence-electron chi connectivity index (χ3n) is 4.27. The van der Waals surface area contributed by atoms with Gasteiger partial charge in [-0.1, -0.05) is 6.07 Å². The van der Waals surface area contributed by atoms with Crippen LogP contribution in [0.2, 0.25) is 0 Å². The van der Waals surface area contributed by atoms with Crippen LogP contribution in [0, 0.1) is 0 Å². The van der Waals surface area contributed by atoms with E-state index in [0.29, 0.717) is 12.2 Å². The Kier molecular flexibility index (Phi) is 3.53. The lowest BCUT2D eigenvalue weighted by Gasteiger charge is -2.04. The Labute approximate surface area is 133 Å². The van der Waals surface area contributed by atoms with Gasteiger partial charge in [0.1, 0.15) is 5.82 Å². The zero-order chi connectivity index (χ0) is 15.6. The van der Waals surface area contributed by atoms with Crippen molar-refractivity contribution in [2.45, 2.75) is 32.1 Å². The van der Waals surface area contributed by atoms with Gasteiger partial charge in [0.05, 0.1) is 0 Å². The molecule has 1 aliphatic rings. The molecular weight excluding hydrogens is 292 g/mol. The fourth-order valence-corrected chi connectivity index (χ4v) is 3.10. The standard InChI is InChI=1S/C16H18N6O/c23-16(15-11-5-3-6-12(11)18-21-15)17-9-4-8-14-20-19-13-7-1-2-10-22(13)14/h1-2,7,10H,3-6,8-9H2,(H,17,23)(H,18,21). The number of nitrogens with zero attached hydrogens (tertiary/aromatic N) is 4. The second-order valence-corrected chi connectivity index (χ2v) is 5.79. The van der Waals surface area contributed by atoms with Crippen molar-refractivity contribution in [1.82, 2.24) is 30.1 Å². The maximum Gasteiger partial charge on any atom is 0.272 e. The van der Waals surface area contributed by atoms with Gasteiger partial charge in [-0.05, 0) is 37.8 Å². The number of carbonyl (C=O) groups excluding carboxylic acids is 1. The molecule has 1 aliphatic carbocycles. The lowest BCUT2D eigenvalue weighted by molar-refractivity contribution is 0.0947. The molecule has 0 saturated heterocycles. The van der Waals surface area contributed by atoms with E-state index < -0.39 is 0 Å². The first kappa shape index (κ1) is 13.9. The molecule has 1 amide bonds. The van der Waals surface area contributed by atoms with E-state index in [1.165, 1.54) is 0 Å². The summed E-state index contributed by atoms with van der Waals surface area (Å²) in [7, 11) is 0. The summed E-state index contributed by atoms with van der Waals surface area (Å²) in [5.74, 6) is 0.825. The van der Waals surface area contributed by atoms with Crippen LogP contribution >= 0.6 is 0 Å². The predicted octanol–water partition coefficient (Wildman–Crippen LogP) is 1.30. The average Bonchev–Trinajstić information content (AvgIpc) is 3.26. The molecule has 0 unspecified atom stereocenters. The van der Waals surface area contributed by atoms with Crippen molar-refractivity contribution < 1.29 is 4.79 Å². The largest absolute Gasteiger partial charge is 0.351 e. The van der Waals surface area contributed by atoms with E-state index in [0.717, 1.165) is 54.8 Å². The van der Waals surface area contributed by atoms with Crippen molar-refractivity contribution in [2.24, 2.45) is 0 Å². The van der Waals surface area contributed by atoms with Gasteiger partial charge < -0.3 is 5.32 Å². The molecule has 4 rings (SSSR count). The summed E-state index contributed by atoms with van der Waals surface area (Å²) in [6.07, 6.45) is 6.58. The van der Waals surface area contributed by atoms with Gasteiger partial charge in [-0.2, -0.15) is 5.10 Å². The fourth-order valence-electron chi connectivity index (χ4n) is 3.10. The van der Waals surface area contributed by atoms with E-state index in [9.17, 15) is 4.79 Å². The Morgan fingerprint density at radius 2 is 2.26 bits per heavy atom. The summed E-state index contributed by atoms with van der Waals surface area (Å²) in [5, 5.41) is 18.4. The van der Waals surface area contributed by atoms with E-state index in [4.69, 9.17) is 0 Å². The molecule has 0 spiro atoms. The lowest BCUT2D eigenvalue weighted by atomic mass is 10.2. The van der Waals surface area contributed by atoms with E-state index in [1.807, 2.05) is 28.8 Å². The van der Waals surface area contributed by atoms with E-state index in [-0.39, 0.29) is 5.91 Å². The van der Waals surface area contributed by atoms with Crippen molar-refractivity contribution in [3.8, 4) is 0 Å². The first-order chi connectivity index (χ1) is 11.3. The van der Waals surface area contributed by atoms with Gasteiger partial charge >= 0.3 is 0 Å². The van der Waals surface area contributed by atoms with Crippen molar-refractivity contribution in [3.05, 3.63) is 47.2 Å². The van der Waals surface area contributed by atoms with Crippen LogP contribution in [0.25, 0.3) is 5.65 Å². The van der Waals surface area contributed by atoms with Gasteiger partial charge in [0.25, 0.3) is 5.91 Å². The van der Waals surface area contributed by atoms with Crippen LogP contribution in [-0.2, 0) is 19.3 Å². The maximum atomic E-state index is 12.2. The number of nitrogens with one attached hydrogen (secondary N) is 2. The molecule has 3 heterocycles. The number of rotatable bonds is 5. The SMILES string of the molecule is O=C(NCCCc1nnc2ccccn12)c1n[nH]c2c1CCC2. The molecule has 118 valence electrons. The lowest BCUT2D eigenvalue weighted by Crippen LogP contribution is -2.26. The quantitative estimate of drug-likeness (QED) is 0.695. The molecule has 7 nitrogen and oxygen atoms in total. The average molecular weight is 310 g/mol. The minimum Gasteiger partial charge on any atom is -0.351 e. The summed E-state index contributed by atoms with van der Waals surface area (Å²) in [6, 6.07) is 5.83. The summed E-state index contributed by atoms with van der Waals surface area (Å²) in [5.41, 5.74) is 3.61. The highest BCUT2D eigenvalue weighted by Gasteiger charge is 2.22. The van der Waals surface area contributed by atoms with E-state index in [1.54, 1.807) is 0 Å². The van der Waals surface area contributed by atoms with Gasteiger partial charge in [-0.3, -0.25) is 14.3 Å². The Bertz CT molecular complexity index is 849. The van der Waals surface area contributed by atoms with Crippen LogP contribution in [0.1, 0.15) is 40.4 Å². The van der Waals surface area contributed by atoms with Crippen molar-refractivity contribution >= 4 is 11.6 Å². The van der Waals surface area contributed by atoms with Gasteiger partial charge in [-0.25, -0.2) is 0 Å². The summed E-state index contributed by atoms with van der Waals surface area (Å²) >= 11 is 0. The molecule has 0 fully saturated rings. The summed E-state index contributed by atoms with van der Waals surface area (Å²) in [4.78, 5) is 12.2. The van der Waals surface area contributed by atoms with Gasteiger partial charge in [-0.15, -0.1) is 10.2 Å². The molecule has 0 saturated carbocycles. The monoisotopic (exact) mass is 310 g/mol. The Hall–Kier alpha value is -2.70. The van der Waals surface area contributed by atoms with Crippen LogP contribution in [0.15, 0.2) is 24.4 Å². The molecule has 3 aromatic rings. The number of hydrogen-bond donors (Lipinski definition) is 2. The van der Waals surface area contributed by atoms with Crippen LogP contribution < -0.4 is 5.32 Å². The Morgan fingerprint density at radius 1 is 1.30 bits per heavy atom. The van der Waals surface area contributed by atoms with Crippen LogP contribution in [0.5, 0.6) is 0 Å².